The van der Waals surface area contributed by atoms with Crippen molar-refractivity contribution in [1.29, 1.82) is 0 Å². The molecular formula is C15H30O4. The Morgan fingerprint density at radius 2 is 1.58 bits per heavy atom. The molecule has 0 amide bonds. The fraction of sp³-hybridized carbons (Fsp3) is 0.933. The second-order valence-electron chi connectivity index (χ2n) is 4.97. The Kier molecular flexibility index (Phi) is 12.0. The van der Waals surface area contributed by atoms with E-state index in [4.69, 9.17) is 14.2 Å². The van der Waals surface area contributed by atoms with Crippen molar-refractivity contribution in [3.63, 3.8) is 0 Å². The minimum atomic E-state index is -0.135. The molecule has 0 aliphatic rings. The molecule has 0 fully saturated rings. The van der Waals surface area contributed by atoms with Crippen molar-refractivity contribution in [2.45, 2.75) is 72.0 Å². The molecular weight excluding hydrogens is 244 g/mol. The lowest BCUT2D eigenvalue weighted by Crippen LogP contribution is -2.24. The van der Waals surface area contributed by atoms with E-state index in [1.807, 2.05) is 13.8 Å². The second kappa shape index (κ2) is 12.4. The molecule has 0 aromatic heterocycles. The van der Waals surface area contributed by atoms with E-state index in [-0.39, 0.29) is 18.2 Å². The van der Waals surface area contributed by atoms with Gasteiger partial charge < -0.3 is 14.2 Å². The van der Waals surface area contributed by atoms with Crippen LogP contribution in [0.4, 0.5) is 0 Å². The zero-order valence-electron chi connectivity index (χ0n) is 12.9. The molecule has 0 saturated carbocycles. The highest BCUT2D eigenvalue weighted by atomic mass is 16.6. The smallest absolute Gasteiger partial charge is 0.305 e. The van der Waals surface area contributed by atoms with Gasteiger partial charge in [0.25, 0.3) is 0 Å². The molecule has 19 heavy (non-hydrogen) atoms. The van der Waals surface area contributed by atoms with Gasteiger partial charge in [-0.05, 0) is 26.7 Å². The maximum atomic E-state index is 11.3. The molecule has 114 valence electrons. The molecule has 0 aliphatic heterocycles. The van der Waals surface area contributed by atoms with Crippen molar-refractivity contribution in [2.24, 2.45) is 0 Å². The standard InChI is InChI=1S/C15H30O4/c1-5-7-9-15(16)19-12-14(4)18-11-13(3)17-10-8-6-2/h13-14H,5-12H2,1-4H3. The zero-order chi connectivity index (χ0) is 14.5. The van der Waals surface area contributed by atoms with Crippen molar-refractivity contribution in [2.75, 3.05) is 19.8 Å². The van der Waals surface area contributed by atoms with Gasteiger partial charge in [0.2, 0.25) is 0 Å². The highest BCUT2D eigenvalue weighted by Crippen LogP contribution is 2.01. The van der Waals surface area contributed by atoms with Gasteiger partial charge in [0.1, 0.15) is 6.61 Å². The van der Waals surface area contributed by atoms with Crippen LogP contribution in [0.25, 0.3) is 0 Å². The fourth-order valence-electron chi connectivity index (χ4n) is 1.43. The third-order valence-electron chi connectivity index (χ3n) is 2.73. The molecule has 0 spiro atoms. The molecule has 0 heterocycles. The number of ether oxygens (including phenoxy) is 3. The van der Waals surface area contributed by atoms with Crippen LogP contribution >= 0.6 is 0 Å². The third-order valence-corrected chi connectivity index (χ3v) is 2.73. The highest BCUT2D eigenvalue weighted by Gasteiger charge is 2.09. The molecule has 2 unspecified atom stereocenters. The maximum absolute atomic E-state index is 11.3. The van der Waals surface area contributed by atoms with Gasteiger partial charge in [-0.25, -0.2) is 0 Å². The first kappa shape index (κ1) is 18.4. The zero-order valence-corrected chi connectivity index (χ0v) is 12.9. The van der Waals surface area contributed by atoms with E-state index in [2.05, 4.69) is 13.8 Å². The fourth-order valence-corrected chi connectivity index (χ4v) is 1.43. The summed E-state index contributed by atoms with van der Waals surface area (Å²) in [4.78, 5) is 11.3. The van der Waals surface area contributed by atoms with Crippen LogP contribution in [-0.4, -0.2) is 38.0 Å². The molecule has 4 heteroatoms. The van der Waals surface area contributed by atoms with E-state index in [0.29, 0.717) is 19.6 Å². The van der Waals surface area contributed by atoms with Crippen LogP contribution in [0.3, 0.4) is 0 Å². The molecule has 0 aromatic rings. The highest BCUT2D eigenvalue weighted by molar-refractivity contribution is 5.69. The van der Waals surface area contributed by atoms with Gasteiger partial charge in [-0.3, -0.25) is 4.79 Å². The second-order valence-corrected chi connectivity index (χ2v) is 4.97. The number of esters is 1. The average Bonchev–Trinajstić information content (AvgIpc) is 2.40. The minimum absolute atomic E-state index is 0.0807. The van der Waals surface area contributed by atoms with Crippen LogP contribution in [0.1, 0.15) is 59.8 Å². The molecule has 0 N–H and O–H groups in total. The molecule has 4 nitrogen and oxygen atoms in total. The number of carbonyl (C=O) groups excluding carboxylic acids is 1. The molecule has 2 atom stereocenters. The number of hydrogen-bond donors (Lipinski definition) is 0. The molecule has 0 rings (SSSR count). The largest absolute Gasteiger partial charge is 0.463 e. The van der Waals surface area contributed by atoms with Gasteiger partial charge in [-0.1, -0.05) is 26.7 Å². The summed E-state index contributed by atoms with van der Waals surface area (Å²) in [6, 6.07) is 0. The number of hydrogen-bond acceptors (Lipinski definition) is 4. The van der Waals surface area contributed by atoms with Gasteiger partial charge in [0, 0.05) is 13.0 Å². The molecule has 0 saturated heterocycles. The molecule has 0 radical (unpaired) electrons. The summed E-state index contributed by atoms with van der Waals surface area (Å²) in [5, 5.41) is 0. The van der Waals surface area contributed by atoms with E-state index in [1.54, 1.807) is 0 Å². The summed E-state index contributed by atoms with van der Waals surface area (Å²) in [7, 11) is 0. The van der Waals surface area contributed by atoms with Crippen LogP contribution in [0.15, 0.2) is 0 Å². The summed E-state index contributed by atoms with van der Waals surface area (Å²) in [6.07, 6.45) is 4.61. The minimum Gasteiger partial charge on any atom is -0.463 e. The van der Waals surface area contributed by atoms with E-state index in [0.717, 1.165) is 32.3 Å². The predicted octanol–water partition coefficient (Wildman–Crippen LogP) is 3.33. The summed E-state index contributed by atoms with van der Waals surface area (Å²) in [5.41, 5.74) is 0. The molecule has 0 bridgehead atoms. The Morgan fingerprint density at radius 3 is 2.21 bits per heavy atom. The number of rotatable bonds is 12. The quantitative estimate of drug-likeness (QED) is 0.404. The van der Waals surface area contributed by atoms with Crippen molar-refractivity contribution in [1.82, 2.24) is 0 Å². The lowest BCUT2D eigenvalue weighted by atomic mass is 10.2. The van der Waals surface area contributed by atoms with Gasteiger partial charge >= 0.3 is 5.97 Å². The molecule has 0 aromatic carbocycles. The van der Waals surface area contributed by atoms with E-state index < -0.39 is 0 Å². The Hall–Kier alpha value is -0.610. The van der Waals surface area contributed by atoms with Crippen molar-refractivity contribution >= 4 is 5.97 Å². The van der Waals surface area contributed by atoms with E-state index in [9.17, 15) is 4.79 Å². The number of carbonyl (C=O) groups is 1. The van der Waals surface area contributed by atoms with E-state index >= 15 is 0 Å². The Balaban J connectivity index is 3.52. The first-order valence-electron chi connectivity index (χ1n) is 7.48. The Labute approximate surface area is 117 Å². The van der Waals surface area contributed by atoms with Crippen molar-refractivity contribution in [3.8, 4) is 0 Å². The third kappa shape index (κ3) is 12.2. The average molecular weight is 274 g/mol. The van der Waals surface area contributed by atoms with Crippen molar-refractivity contribution in [3.05, 3.63) is 0 Å². The SMILES string of the molecule is CCCCOC(C)COC(C)COC(=O)CCCC. The first-order valence-corrected chi connectivity index (χ1v) is 7.48. The number of unbranched alkanes of at least 4 members (excludes halogenated alkanes) is 2. The lowest BCUT2D eigenvalue weighted by Gasteiger charge is -2.17. The van der Waals surface area contributed by atoms with Gasteiger partial charge in [0.15, 0.2) is 0 Å². The van der Waals surface area contributed by atoms with Crippen LogP contribution in [0.5, 0.6) is 0 Å². The van der Waals surface area contributed by atoms with Gasteiger partial charge in [-0.2, -0.15) is 0 Å². The summed E-state index contributed by atoms with van der Waals surface area (Å²) in [5.74, 6) is -0.135. The van der Waals surface area contributed by atoms with Crippen LogP contribution in [0, 0.1) is 0 Å². The predicted molar refractivity (Wildman–Crippen MR) is 76.2 cm³/mol. The topological polar surface area (TPSA) is 44.8 Å². The Morgan fingerprint density at radius 1 is 0.947 bits per heavy atom. The maximum Gasteiger partial charge on any atom is 0.305 e. The Bertz CT molecular complexity index is 218. The van der Waals surface area contributed by atoms with Crippen LogP contribution in [-0.2, 0) is 19.0 Å². The van der Waals surface area contributed by atoms with E-state index in [1.165, 1.54) is 0 Å². The summed E-state index contributed by atoms with van der Waals surface area (Å²) < 4.78 is 16.3. The lowest BCUT2D eigenvalue weighted by molar-refractivity contribution is -0.148. The van der Waals surface area contributed by atoms with Crippen molar-refractivity contribution < 1.29 is 19.0 Å². The van der Waals surface area contributed by atoms with Crippen LogP contribution in [0.2, 0.25) is 0 Å². The van der Waals surface area contributed by atoms with Crippen LogP contribution < -0.4 is 0 Å². The van der Waals surface area contributed by atoms with Gasteiger partial charge in [-0.15, -0.1) is 0 Å². The van der Waals surface area contributed by atoms with Gasteiger partial charge in [0.05, 0.1) is 18.8 Å². The molecule has 0 aliphatic carbocycles. The monoisotopic (exact) mass is 274 g/mol. The summed E-state index contributed by atoms with van der Waals surface area (Å²) >= 11 is 0. The summed E-state index contributed by atoms with van der Waals surface area (Å²) in [6.45, 7) is 9.74. The normalized spacial score (nSPS) is 14.1. The first-order chi connectivity index (χ1) is 9.10.